The summed E-state index contributed by atoms with van der Waals surface area (Å²) in [6, 6.07) is 19.1. The predicted molar refractivity (Wildman–Crippen MR) is 209 cm³/mol. The van der Waals surface area contributed by atoms with Gasteiger partial charge in [0.2, 0.25) is 0 Å². The quantitative estimate of drug-likeness (QED) is 0.0535. The van der Waals surface area contributed by atoms with E-state index in [9.17, 15) is 19.2 Å². The van der Waals surface area contributed by atoms with E-state index in [1.165, 1.54) is 24.6 Å². The molecule has 12 nitrogen and oxygen atoms in total. The van der Waals surface area contributed by atoms with Crippen LogP contribution in [0, 0.1) is 13.1 Å². The average molecular weight is 754 g/mol. The van der Waals surface area contributed by atoms with Gasteiger partial charge < -0.3 is 20.8 Å². The molecule has 5 N–H and O–H groups in total. The minimum absolute atomic E-state index is 0.0524. The first-order valence-corrected chi connectivity index (χ1v) is 19.5. The van der Waals surface area contributed by atoms with Gasteiger partial charge in [-0.25, -0.2) is 19.7 Å². The zero-order valence-corrected chi connectivity index (χ0v) is 31.0. The number of nitrogens with two attached hydrogens (primary N) is 1. The molecule has 2 fully saturated rings. The Morgan fingerprint density at radius 3 is 1.55 bits per heavy atom. The molecule has 14 heteroatoms. The van der Waals surface area contributed by atoms with E-state index in [2.05, 4.69) is 29.6 Å². The highest BCUT2D eigenvalue weighted by molar-refractivity contribution is 8.00. The van der Waals surface area contributed by atoms with Crippen molar-refractivity contribution < 1.29 is 14.7 Å². The van der Waals surface area contributed by atoms with Crippen LogP contribution in [0.5, 0.6) is 0 Å². The number of rotatable bonds is 10. The molecule has 2 heterocycles. The molecule has 0 amide bonds. The van der Waals surface area contributed by atoms with E-state index in [0.29, 0.717) is 23.0 Å². The van der Waals surface area contributed by atoms with Crippen LogP contribution in [-0.2, 0) is 16.0 Å². The molecule has 0 bridgehead atoms. The van der Waals surface area contributed by atoms with Crippen LogP contribution in [0.25, 0.3) is 9.69 Å². The standard InChI is InChI=1S/C20H21N3O2S.C13H15N3O3S.C6H7N/c1-21-18-17(15-10-6-3-7-11-15)22-20(23-19(18)25)26-13-16(24)12-14-8-4-2-5-9-14;1-14-11-10(8-5-3-2-4-6-8)15-13(16-12(11)19)20-7-9(17)18;7-6-4-2-1-3-5-6/h2,4-5,8-9,15H,3,6-7,10-13H2,(H,22,23,25);8H,2-7H2,(H,17,18)(H,15,16,19);1-5H,7H2. The van der Waals surface area contributed by atoms with Gasteiger partial charge in [0.1, 0.15) is 5.78 Å². The van der Waals surface area contributed by atoms with Crippen molar-refractivity contribution in [1.29, 1.82) is 0 Å². The molecule has 2 saturated carbocycles. The fourth-order valence-electron chi connectivity index (χ4n) is 6.21. The van der Waals surface area contributed by atoms with Gasteiger partial charge in [-0.05, 0) is 55.2 Å². The molecule has 0 saturated heterocycles. The minimum Gasteiger partial charge on any atom is -0.481 e. The number of nitrogen functional groups attached to an aromatic ring is 1. The molecule has 2 aliphatic carbocycles. The van der Waals surface area contributed by atoms with Crippen molar-refractivity contribution in [2.75, 3.05) is 17.2 Å². The number of carbonyl (C=O) groups is 2. The Balaban J connectivity index is 0.000000204. The summed E-state index contributed by atoms with van der Waals surface area (Å²) in [6.07, 6.45) is 10.9. The maximum absolute atomic E-state index is 12.3. The maximum atomic E-state index is 12.3. The summed E-state index contributed by atoms with van der Waals surface area (Å²) >= 11 is 2.21. The van der Waals surface area contributed by atoms with Gasteiger partial charge >= 0.3 is 5.97 Å². The first kappa shape index (κ1) is 40.6. The van der Waals surface area contributed by atoms with Crippen LogP contribution in [0.2, 0.25) is 0 Å². The summed E-state index contributed by atoms with van der Waals surface area (Å²) < 4.78 is 0. The van der Waals surface area contributed by atoms with Gasteiger partial charge in [0.05, 0.1) is 36.0 Å². The SMILES string of the molecule is Nc1ccccc1.[C-]#[N+]c1c(C2CCCCC2)nc(SCC(=O)Cc2ccccc2)[nH]c1=O.[C-]#[N+]c1c(C2CCCCC2)nc(SCC(=O)O)[nH]c1=O. The summed E-state index contributed by atoms with van der Waals surface area (Å²) in [5, 5.41) is 9.39. The summed E-state index contributed by atoms with van der Waals surface area (Å²) in [6.45, 7) is 14.5. The van der Waals surface area contributed by atoms with Crippen LogP contribution in [0.1, 0.15) is 93.0 Å². The first-order valence-electron chi connectivity index (χ1n) is 17.5. The number of hydrogen-bond donors (Lipinski definition) is 4. The zero-order chi connectivity index (χ0) is 38.0. The lowest BCUT2D eigenvalue weighted by molar-refractivity contribution is -0.133. The van der Waals surface area contributed by atoms with Gasteiger partial charge in [-0.3, -0.25) is 19.2 Å². The van der Waals surface area contributed by atoms with E-state index < -0.39 is 17.1 Å². The predicted octanol–water partition coefficient (Wildman–Crippen LogP) is 8.09. The fraction of sp³-hybridized carbons (Fsp3) is 0.385. The highest BCUT2D eigenvalue weighted by atomic mass is 32.2. The third kappa shape index (κ3) is 13.1. The van der Waals surface area contributed by atoms with Crippen LogP contribution in [-0.4, -0.2) is 48.3 Å². The number of hydrogen-bond acceptors (Lipinski definition) is 9. The number of Topliss-reactive ketones (excluding diaryl/α,β-unsaturated/α-hetero) is 1. The molecule has 53 heavy (non-hydrogen) atoms. The number of aromatic nitrogens is 4. The van der Waals surface area contributed by atoms with Crippen molar-refractivity contribution in [2.24, 2.45) is 0 Å². The number of benzene rings is 2. The first-order chi connectivity index (χ1) is 25.7. The lowest BCUT2D eigenvalue weighted by Crippen LogP contribution is -2.16. The molecular formula is C39H43N7O5S2. The van der Waals surface area contributed by atoms with Gasteiger partial charge in [-0.2, -0.15) is 0 Å². The Bertz CT molecular complexity index is 2010. The summed E-state index contributed by atoms with van der Waals surface area (Å²) in [7, 11) is 0. The number of nitrogens with one attached hydrogen (secondary N) is 2. The van der Waals surface area contributed by atoms with E-state index >= 15 is 0 Å². The van der Waals surface area contributed by atoms with Crippen molar-refractivity contribution in [3.05, 3.63) is 121 Å². The van der Waals surface area contributed by atoms with Gasteiger partial charge in [0, 0.05) is 12.1 Å². The Morgan fingerprint density at radius 2 is 1.15 bits per heavy atom. The number of thioether (sulfide) groups is 2. The Kier molecular flexibility index (Phi) is 16.4. The number of nitrogens with zero attached hydrogens (tertiary/aromatic N) is 4. The molecule has 2 aromatic carbocycles. The monoisotopic (exact) mass is 753 g/mol. The number of ketones is 1. The van der Waals surface area contributed by atoms with Crippen LogP contribution in [0.4, 0.5) is 17.1 Å². The highest BCUT2D eigenvalue weighted by Gasteiger charge is 2.24. The molecule has 0 radical (unpaired) electrons. The molecule has 2 aliphatic rings. The van der Waals surface area contributed by atoms with Gasteiger partial charge in [0.25, 0.3) is 22.5 Å². The highest BCUT2D eigenvalue weighted by Crippen LogP contribution is 2.36. The number of H-pyrrole nitrogens is 2. The second-order valence-electron chi connectivity index (χ2n) is 12.7. The van der Waals surface area contributed by atoms with Crippen molar-refractivity contribution in [1.82, 2.24) is 19.9 Å². The van der Waals surface area contributed by atoms with Crippen molar-refractivity contribution >= 4 is 52.3 Å². The largest absolute Gasteiger partial charge is 0.481 e. The van der Waals surface area contributed by atoms with Crippen LogP contribution < -0.4 is 16.9 Å². The maximum Gasteiger partial charge on any atom is 0.313 e. The van der Waals surface area contributed by atoms with Crippen LogP contribution >= 0.6 is 23.5 Å². The van der Waals surface area contributed by atoms with E-state index in [-0.39, 0.29) is 45.7 Å². The minimum atomic E-state index is -0.967. The molecule has 0 aliphatic heterocycles. The third-order valence-corrected chi connectivity index (χ3v) is 10.5. The number of aromatic amines is 2. The number of carboxylic acid groups (broad SMARTS) is 1. The summed E-state index contributed by atoms with van der Waals surface area (Å²) in [5.41, 5.74) is 7.60. The normalized spacial score (nSPS) is 14.3. The smallest absolute Gasteiger partial charge is 0.313 e. The van der Waals surface area contributed by atoms with Crippen LogP contribution in [0.3, 0.4) is 0 Å². The Hall–Kier alpha value is -5.18. The molecule has 2 aromatic heterocycles. The molecule has 6 rings (SSSR count). The molecule has 4 aromatic rings. The lowest BCUT2D eigenvalue weighted by Gasteiger charge is -2.22. The molecule has 0 spiro atoms. The molecular weight excluding hydrogens is 711 g/mol. The molecule has 0 unspecified atom stereocenters. The van der Waals surface area contributed by atoms with Crippen molar-refractivity contribution in [3.63, 3.8) is 0 Å². The van der Waals surface area contributed by atoms with E-state index in [1.54, 1.807) is 0 Å². The van der Waals surface area contributed by atoms with E-state index in [0.717, 1.165) is 74.4 Å². The number of carboxylic acids is 1. The van der Waals surface area contributed by atoms with E-state index in [1.807, 2.05) is 60.7 Å². The van der Waals surface area contributed by atoms with E-state index in [4.69, 9.17) is 24.0 Å². The third-order valence-electron chi connectivity index (χ3n) is 8.75. The number of anilines is 1. The van der Waals surface area contributed by atoms with Crippen molar-refractivity contribution in [3.8, 4) is 0 Å². The zero-order valence-electron chi connectivity index (χ0n) is 29.4. The Labute approximate surface area is 317 Å². The number of para-hydroxylation sites is 1. The average Bonchev–Trinajstić information content (AvgIpc) is 3.18. The number of aliphatic carboxylic acids is 1. The van der Waals surface area contributed by atoms with Crippen LogP contribution in [0.15, 0.2) is 80.6 Å². The van der Waals surface area contributed by atoms with Gasteiger partial charge in [-0.1, -0.05) is 111 Å². The second-order valence-corrected chi connectivity index (χ2v) is 14.6. The summed E-state index contributed by atoms with van der Waals surface area (Å²) in [4.78, 5) is 67.7. The topological polar surface area (TPSA) is 181 Å². The fourth-order valence-corrected chi connectivity index (χ4v) is 7.52. The van der Waals surface area contributed by atoms with Gasteiger partial charge in [-0.15, -0.1) is 0 Å². The molecule has 276 valence electrons. The van der Waals surface area contributed by atoms with Gasteiger partial charge in [0.15, 0.2) is 10.3 Å². The molecule has 0 atom stereocenters. The summed E-state index contributed by atoms with van der Waals surface area (Å²) in [5.74, 6) is -0.485. The van der Waals surface area contributed by atoms with Crippen molar-refractivity contribution in [2.45, 2.75) is 92.8 Å². The Morgan fingerprint density at radius 1 is 0.717 bits per heavy atom. The lowest BCUT2D eigenvalue weighted by atomic mass is 9.86. The number of carbonyl (C=O) groups excluding carboxylic acids is 1. The second kappa shape index (κ2) is 21.4.